The smallest absolute Gasteiger partial charge is 0.119 e. The number of benzene rings is 1. The molecule has 1 aliphatic heterocycles. The molecule has 3 nitrogen and oxygen atoms in total. The molecule has 27 heavy (non-hydrogen) atoms. The number of ether oxygens (including phenoxy) is 1. The number of likely N-dealkylation sites (tertiary alicyclic amines) is 1. The molecule has 1 fully saturated rings. The van der Waals surface area contributed by atoms with Crippen molar-refractivity contribution in [3.8, 4) is 5.75 Å². The van der Waals surface area contributed by atoms with Crippen molar-refractivity contribution in [1.29, 1.82) is 0 Å². The first-order valence-corrected chi connectivity index (χ1v) is 10.7. The molecule has 148 valence electrons. The fraction of sp³-hybridized carbons (Fsp3) is 0.583. The molecule has 1 aromatic carbocycles. The Labute approximate surface area is 165 Å². The Morgan fingerprint density at radius 3 is 2.70 bits per heavy atom. The zero-order chi connectivity index (χ0) is 18.9. The van der Waals surface area contributed by atoms with Gasteiger partial charge in [0.2, 0.25) is 0 Å². The lowest BCUT2D eigenvalue weighted by molar-refractivity contribution is 0.229. The first-order valence-electron chi connectivity index (χ1n) is 10.7. The van der Waals surface area contributed by atoms with Crippen molar-refractivity contribution in [1.82, 2.24) is 10.2 Å². The maximum atomic E-state index is 6.01. The minimum absolute atomic E-state index is 0.631. The highest BCUT2D eigenvalue weighted by Crippen LogP contribution is 2.29. The molecular formula is C24H36N2O. The van der Waals surface area contributed by atoms with Crippen LogP contribution in [0.15, 0.2) is 48.1 Å². The third-order valence-electron chi connectivity index (χ3n) is 5.88. The molecule has 1 saturated heterocycles. The summed E-state index contributed by atoms with van der Waals surface area (Å²) in [4.78, 5) is 2.58. The van der Waals surface area contributed by atoms with E-state index in [1.54, 1.807) is 0 Å². The van der Waals surface area contributed by atoms with Gasteiger partial charge in [-0.3, -0.25) is 0 Å². The molecule has 0 spiro atoms. The van der Waals surface area contributed by atoms with Gasteiger partial charge in [-0.25, -0.2) is 0 Å². The van der Waals surface area contributed by atoms with Gasteiger partial charge in [-0.1, -0.05) is 36.8 Å². The maximum Gasteiger partial charge on any atom is 0.119 e. The summed E-state index contributed by atoms with van der Waals surface area (Å²) in [6, 6.07) is 8.55. The third-order valence-corrected chi connectivity index (χ3v) is 5.88. The lowest BCUT2D eigenvalue weighted by atomic mass is 9.85. The van der Waals surface area contributed by atoms with Crippen molar-refractivity contribution in [2.75, 3.05) is 32.8 Å². The first-order chi connectivity index (χ1) is 13.2. The molecule has 1 N–H and O–H groups in total. The summed E-state index contributed by atoms with van der Waals surface area (Å²) in [5.41, 5.74) is 4.04. The van der Waals surface area contributed by atoms with Gasteiger partial charge in [-0.15, -0.1) is 0 Å². The van der Waals surface area contributed by atoms with Crippen LogP contribution in [0.4, 0.5) is 0 Å². The molecule has 2 aliphatic rings. The third kappa shape index (κ3) is 6.82. The molecule has 3 rings (SSSR count). The van der Waals surface area contributed by atoms with Gasteiger partial charge in [-0.2, -0.15) is 0 Å². The molecule has 0 amide bonds. The predicted octanol–water partition coefficient (Wildman–Crippen LogP) is 4.94. The van der Waals surface area contributed by atoms with Gasteiger partial charge < -0.3 is 15.0 Å². The number of nitrogens with zero attached hydrogens (tertiary/aromatic N) is 1. The van der Waals surface area contributed by atoms with E-state index in [-0.39, 0.29) is 0 Å². The SMILES string of the molecule is C=C(C)C1CCC=C(COc2ccc(CNCCN3CCCCC3)cc2)C1. The second-order valence-corrected chi connectivity index (χ2v) is 8.20. The van der Waals surface area contributed by atoms with Crippen molar-refractivity contribution < 1.29 is 4.74 Å². The minimum Gasteiger partial charge on any atom is -0.489 e. The van der Waals surface area contributed by atoms with E-state index in [1.807, 2.05) is 0 Å². The summed E-state index contributed by atoms with van der Waals surface area (Å²) in [5.74, 6) is 1.59. The maximum absolute atomic E-state index is 6.01. The van der Waals surface area contributed by atoms with E-state index in [4.69, 9.17) is 4.74 Å². The highest BCUT2D eigenvalue weighted by Gasteiger charge is 2.16. The first kappa shape index (κ1) is 20.2. The van der Waals surface area contributed by atoms with Gasteiger partial charge in [0.05, 0.1) is 0 Å². The lowest BCUT2D eigenvalue weighted by Crippen LogP contribution is -2.35. The van der Waals surface area contributed by atoms with Crippen molar-refractivity contribution in [2.45, 2.75) is 52.0 Å². The molecule has 3 heteroatoms. The van der Waals surface area contributed by atoms with Crippen LogP contribution in [-0.2, 0) is 6.54 Å². The molecule has 1 unspecified atom stereocenters. The van der Waals surface area contributed by atoms with Crippen molar-refractivity contribution in [3.63, 3.8) is 0 Å². The summed E-state index contributed by atoms with van der Waals surface area (Å²) in [6.45, 7) is 12.7. The van der Waals surface area contributed by atoms with Gasteiger partial charge in [0, 0.05) is 19.6 Å². The largest absolute Gasteiger partial charge is 0.489 e. The summed E-state index contributed by atoms with van der Waals surface area (Å²) >= 11 is 0. The minimum atomic E-state index is 0.631. The van der Waals surface area contributed by atoms with E-state index < -0.39 is 0 Å². The highest BCUT2D eigenvalue weighted by molar-refractivity contribution is 5.28. The molecule has 1 atom stereocenters. The fourth-order valence-corrected chi connectivity index (χ4v) is 4.06. The Morgan fingerprint density at radius 2 is 1.96 bits per heavy atom. The summed E-state index contributed by atoms with van der Waals surface area (Å²) in [5, 5.41) is 3.57. The van der Waals surface area contributed by atoms with Gasteiger partial charge in [0.25, 0.3) is 0 Å². The van der Waals surface area contributed by atoms with Crippen LogP contribution in [0.25, 0.3) is 0 Å². The van der Waals surface area contributed by atoms with Crippen LogP contribution >= 0.6 is 0 Å². The standard InChI is InChI=1S/C24H36N2O/c1-20(2)23-8-6-7-22(17-23)19-27-24-11-9-21(10-12-24)18-25-13-16-26-14-4-3-5-15-26/h7,9-12,23,25H,1,3-6,8,13-19H2,2H3. The van der Waals surface area contributed by atoms with Gasteiger partial charge in [-0.05, 0) is 81.3 Å². The van der Waals surface area contributed by atoms with Gasteiger partial charge in [0.15, 0.2) is 0 Å². The second kappa shape index (κ2) is 10.7. The van der Waals surface area contributed by atoms with Crippen molar-refractivity contribution in [2.24, 2.45) is 5.92 Å². The van der Waals surface area contributed by atoms with Crippen LogP contribution in [0.3, 0.4) is 0 Å². The van der Waals surface area contributed by atoms with E-state index in [0.717, 1.165) is 31.7 Å². The zero-order valence-corrected chi connectivity index (χ0v) is 17.0. The lowest BCUT2D eigenvalue weighted by Gasteiger charge is -2.26. The van der Waals surface area contributed by atoms with E-state index >= 15 is 0 Å². The van der Waals surface area contributed by atoms with Crippen LogP contribution < -0.4 is 10.1 Å². The number of nitrogens with one attached hydrogen (secondary N) is 1. The van der Waals surface area contributed by atoms with Crippen LogP contribution in [-0.4, -0.2) is 37.7 Å². The van der Waals surface area contributed by atoms with E-state index in [2.05, 4.69) is 54.1 Å². The molecule has 1 aliphatic carbocycles. The zero-order valence-electron chi connectivity index (χ0n) is 17.0. The Balaban J connectivity index is 1.34. The molecule has 0 saturated carbocycles. The Bertz CT molecular complexity index is 614. The van der Waals surface area contributed by atoms with Crippen LogP contribution in [0.1, 0.15) is 51.0 Å². The van der Waals surface area contributed by atoms with Crippen molar-refractivity contribution in [3.05, 3.63) is 53.6 Å². The number of piperidine rings is 1. The number of rotatable bonds is 9. The Morgan fingerprint density at radius 1 is 1.19 bits per heavy atom. The topological polar surface area (TPSA) is 24.5 Å². The summed E-state index contributed by atoms with van der Waals surface area (Å²) in [7, 11) is 0. The summed E-state index contributed by atoms with van der Waals surface area (Å²) < 4.78 is 6.01. The van der Waals surface area contributed by atoms with Gasteiger partial charge in [0.1, 0.15) is 12.4 Å². The van der Waals surface area contributed by atoms with Crippen LogP contribution in [0.5, 0.6) is 5.75 Å². The Hall–Kier alpha value is -1.58. The fourth-order valence-electron chi connectivity index (χ4n) is 4.06. The predicted molar refractivity (Wildman–Crippen MR) is 114 cm³/mol. The quantitative estimate of drug-likeness (QED) is 0.493. The van der Waals surface area contributed by atoms with Crippen LogP contribution in [0, 0.1) is 5.92 Å². The van der Waals surface area contributed by atoms with E-state index in [1.165, 1.54) is 62.0 Å². The van der Waals surface area contributed by atoms with Crippen molar-refractivity contribution >= 4 is 0 Å². The van der Waals surface area contributed by atoms with Crippen LogP contribution in [0.2, 0.25) is 0 Å². The average Bonchev–Trinajstić information content (AvgIpc) is 2.71. The summed E-state index contributed by atoms with van der Waals surface area (Å²) in [6.07, 6.45) is 9.98. The molecule has 1 aromatic rings. The molecule has 0 aromatic heterocycles. The monoisotopic (exact) mass is 368 g/mol. The molecule has 0 bridgehead atoms. The Kier molecular flexibility index (Phi) is 7.97. The normalized spacial score (nSPS) is 20.9. The average molecular weight is 369 g/mol. The van der Waals surface area contributed by atoms with E-state index in [0.29, 0.717) is 12.5 Å². The highest BCUT2D eigenvalue weighted by atomic mass is 16.5. The van der Waals surface area contributed by atoms with E-state index in [9.17, 15) is 0 Å². The number of hydrogen-bond acceptors (Lipinski definition) is 3. The number of hydrogen-bond donors (Lipinski definition) is 1. The second-order valence-electron chi connectivity index (χ2n) is 8.20. The molecular weight excluding hydrogens is 332 g/mol. The molecule has 0 radical (unpaired) electrons. The van der Waals surface area contributed by atoms with Gasteiger partial charge >= 0.3 is 0 Å². The molecule has 1 heterocycles. The number of allylic oxidation sites excluding steroid dienone is 2.